The lowest BCUT2D eigenvalue weighted by atomic mass is 10.1. The third kappa shape index (κ3) is 3.66. The van der Waals surface area contributed by atoms with Crippen LogP contribution in [0.25, 0.3) is 0 Å². The summed E-state index contributed by atoms with van der Waals surface area (Å²) in [5.41, 5.74) is 6.99. The summed E-state index contributed by atoms with van der Waals surface area (Å²) in [6.07, 6.45) is 0.272. The molecule has 0 aromatic heterocycles. The van der Waals surface area contributed by atoms with E-state index in [0.29, 0.717) is 5.69 Å². The van der Waals surface area contributed by atoms with Gasteiger partial charge in [0.15, 0.2) is 0 Å². The normalized spacial score (nSPS) is 10.9. The van der Waals surface area contributed by atoms with E-state index in [1.807, 2.05) is 6.07 Å². The Morgan fingerprint density at radius 1 is 1.19 bits per heavy atom. The van der Waals surface area contributed by atoms with Crippen molar-refractivity contribution < 1.29 is 8.42 Å². The minimum atomic E-state index is -3.82. The fourth-order valence-corrected chi connectivity index (χ4v) is 3.19. The highest BCUT2D eigenvalue weighted by Gasteiger charge is 2.18. The van der Waals surface area contributed by atoms with Crippen molar-refractivity contribution in [2.45, 2.75) is 11.3 Å². The highest BCUT2D eigenvalue weighted by molar-refractivity contribution is 7.92. The second-order valence-electron chi connectivity index (χ2n) is 4.32. The van der Waals surface area contributed by atoms with Gasteiger partial charge in [0.2, 0.25) is 0 Å². The molecule has 0 aliphatic rings. The molecule has 3 N–H and O–H groups in total. The Balaban J connectivity index is 2.29. The summed E-state index contributed by atoms with van der Waals surface area (Å²) in [6, 6.07) is 12.8. The maximum absolute atomic E-state index is 12.3. The number of halogens is 1. The summed E-state index contributed by atoms with van der Waals surface area (Å²) in [7, 11) is -3.82. The number of sulfonamides is 1. The molecule has 2 aromatic rings. The summed E-state index contributed by atoms with van der Waals surface area (Å²) >= 11 is 5.80. The highest BCUT2D eigenvalue weighted by atomic mass is 35.5. The second-order valence-corrected chi connectivity index (χ2v) is 6.41. The van der Waals surface area contributed by atoms with Crippen molar-refractivity contribution in [2.24, 2.45) is 0 Å². The topological polar surface area (TPSA) is 96.0 Å². The first-order valence-electron chi connectivity index (χ1n) is 5.96. The summed E-state index contributed by atoms with van der Waals surface area (Å²) < 4.78 is 27.0. The number of nitrogen functional groups attached to an aromatic ring is 1. The van der Waals surface area contributed by atoms with Crippen molar-refractivity contribution in [1.82, 2.24) is 0 Å². The van der Waals surface area contributed by atoms with Gasteiger partial charge in [-0.3, -0.25) is 4.72 Å². The number of nitrogens with zero attached hydrogens (tertiary/aromatic N) is 1. The molecule has 5 nitrogen and oxygen atoms in total. The Morgan fingerprint density at radius 2 is 1.86 bits per heavy atom. The summed E-state index contributed by atoms with van der Waals surface area (Å²) in [4.78, 5) is -0.0731. The van der Waals surface area contributed by atoms with Gasteiger partial charge < -0.3 is 5.73 Å². The van der Waals surface area contributed by atoms with Gasteiger partial charge in [-0.1, -0.05) is 23.7 Å². The highest BCUT2D eigenvalue weighted by Crippen LogP contribution is 2.25. The van der Waals surface area contributed by atoms with Crippen molar-refractivity contribution >= 4 is 33.0 Å². The van der Waals surface area contributed by atoms with Crippen LogP contribution in [-0.4, -0.2) is 8.42 Å². The summed E-state index contributed by atoms with van der Waals surface area (Å²) in [6.45, 7) is 0. The van der Waals surface area contributed by atoms with E-state index in [-0.39, 0.29) is 22.0 Å². The molecular weight excluding hydrogens is 310 g/mol. The number of nitriles is 1. The van der Waals surface area contributed by atoms with Crippen LogP contribution in [0, 0.1) is 11.3 Å². The zero-order chi connectivity index (χ0) is 15.5. The average molecular weight is 322 g/mol. The molecule has 7 heteroatoms. The van der Waals surface area contributed by atoms with Crippen LogP contribution in [0.1, 0.15) is 5.56 Å². The van der Waals surface area contributed by atoms with E-state index in [0.717, 1.165) is 5.56 Å². The van der Waals surface area contributed by atoms with E-state index in [9.17, 15) is 8.42 Å². The molecule has 0 spiro atoms. The van der Waals surface area contributed by atoms with Crippen LogP contribution in [0.4, 0.5) is 11.4 Å². The molecule has 21 heavy (non-hydrogen) atoms. The molecule has 0 aliphatic carbocycles. The lowest BCUT2D eigenvalue weighted by Crippen LogP contribution is -2.14. The minimum Gasteiger partial charge on any atom is -0.398 e. The third-order valence-corrected chi connectivity index (χ3v) is 4.43. The molecule has 0 heterocycles. The minimum absolute atomic E-state index is 0.0731. The fraction of sp³-hybridized carbons (Fsp3) is 0.0714. The Hall–Kier alpha value is -2.23. The molecule has 2 rings (SSSR count). The van der Waals surface area contributed by atoms with E-state index in [1.165, 1.54) is 18.2 Å². The molecule has 108 valence electrons. The van der Waals surface area contributed by atoms with Crippen molar-refractivity contribution in [3.63, 3.8) is 0 Å². The maximum atomic E-state index is 12.3. The van der Waals surface area contributed by atoms with E-state index in [1.54, 1.807) is 24.3 Å². The molecule has 0 radical (unpaired) electrons. The van der Waals surface area contributed by atoms with E-state index < -0.39 is 10.0 Å². The predicted molar refractivity (Wildman–Crippen MR) is 82.4 cm³/mol. The first-order chi connectivity index (χ1) is 9.92. The largest absolute Gasteiger partial charge is 0.398 e. The lowest BCUT2D eigenvalue weighted by Gasteiger charge is -2.10. The van der Waals surface area contributed by atoms with Gasteiger partial charge in [0, 0.05) is 10.7 Å². The van der Waals surface area contributed by atoms with Gasteiger partial charge in [-0.15, -0.1) is 0 Å². The Labute approximate surface area is 128 Å². The Morgan fingerprint density at radius 3 is 2.48 bits per heavy atom. The monoisotopic (exact) mass is 321 g/mol. The second kappa shape index (κ2) is 6.04. The molecule has 0 atom stereocenters. The number of nitrogens with one attached hydrogen (secondary N) is 1. The predicted octanol–water partition coefficient (Wildman–Crippen LogP) is 2.79. The number of nitrogens with two attached hydrogens (primary N) is 1. The Kier molecular flexibility index (Phi) is 4.36. The molecule has 2 aromatic carbocycles. The van der Waals surface area contributed by atoms with Gasteiger partial charge in [-0.25, -0.2) is 8.42 Å². The van der Waals surface area contributed by atoms with Gasteiger partial charge in [0.05, 0.1) is 18.2 Å². The van der Waals surface area contributed by atoms with Gasteiger partial charge in [-0.2, -0.15) is 5.26 Å². The SMILES string of the molecule is N#CCc1ccc(NS(=O)(=O)c2cc(Cl)ccc2N)cc1. The van der Waals surface area contributed by atoms with Crippen molar-refractivity contribution in [3.05, 3.63) is 53.1 Å². The quantitative estimate of drug-likeness (QED) is 0.846. The summed E-state index contributed by atoms with van der Waals surface area (Å²) in [5.74, 6) is 0. The van der Waals surface area contributed by atoms with Gasteiger partial charge in [0.1, 0.15) is 4.90 Å². The smallest absolute Gasteiger partial charge is 0.263 e. The van der Waals surface area contributed by atoms with Crippen LogP contribution in [-0.2, 0) is 16.4 Å². The van der Waals surface area contributed by atoms with E-state index >= 15 is 0 Å². The zero-order valence-electron chi connectivity index (χ0n) is 10.9. The molecule has 0 bridgehead atoms. The number of anilines is 2. The fourth-order valence-electron chi connectivity index (χ4n) is 1.73. The molecule has 0 unspecified atom stereocenters. The summed E-state index contributed by atoms with van der Waals surface area (Å²) in [5, 5.41) is 8.88. The maximum Gasteiger partial charge on any atom is 0.263 e. The van der Waals surface area contributed by atoms with E-state index in [4.69, 9.17) is 22.6 Å². The molecule has 0 saturated heterocycles. The van der Waals surface area contributed by atoms with Crippen molar-refractivity contribution in [2.75, 3.05) is 10.5 Å². The van der Waals surface area contributed by atoms with Crippen LogP contribution >= 0.6 is 11.6 Å². The Bertz CT molecular complexity index is 796. The molecule has 0 aliphatic heterocycles. The van der Waals surface area contributed by atoms with Crippen LogP contribution in [0.3, 0.4) is 0 Å². The zero-order valence-corrected chi connectivity index (χ0v) is 12.4. The van der Waals surface area contributed by atoms with Crippen LogP contribution in [0.2, 0.25) is 5.02 Å². The number of hydrogen-bond donors (Lipinski definition) is 2. The first kappa shape index (κ1) is 15.2. The van der Waals surface area contributed by atoms with Crippen LogP contribution in [0.5, 0.6) is 0 Å². The van der Waals surface area contributed by atoms with Gasteiger partial charge in [0.25, 0.3) is 10.0 Å². The van der Waals surface area contributed by atoms with E-state index in [2.05, 4.69) is 4.72 Å². The molecular formula is C14H12ClN3O2S. The van der Waals surface area contributed by atoms with Crippen LogP contribution < -0.4 is 10.5 Å². The average Bonchev–Trinajstić information content (AvgIpc) is 2.43. The third-order valence-electron chi connectivity index (χ3n) is 2.75. The molecule has 0 amide bonds. The van der Waals surface area contributed by atoms with Gasteiger partial charge >= 0.3 is 0 Å². The molecule has 0 saturated carbocycles. The van der Waals surface area contributed by atoms with Crippen molar-refractivity contribution in [3.8, 4) is 6.07 Å². The van der Waals surface area contributed by atoms with Crippen molar-refractivity contribution in [1.29, 1.82) is 5.26 Å². The number of hydrogen-bond acceptors (Lipinski definition) is 4. The molecule has 0 fully saturated rings. The van der Waals surface area contributed by atoms with Gasteiger partial charge in [-0.05, 0) is 35.9 Å². The first-order valence-corrected chi connectivity index (χ1v) is 7.82. The number of rotatable bonds is 4. The standard InChI is InChI=1S/C14H12ClN3O2S/c15-11-3-6-13(17)14(9-11)21(19,20)18-12-4-1-10(2-5-12)7-8-16/h1-6,9,18H,7,17H2. The van der Waals surface area contributed by atoms with Crippen LogP contribution in [0.15, 0.2) is 47.4 Å². The lowest BCUT2D eigenvalue weighted by molar-refractivity contribution is 0.601. The number of benzene rings is 2.